The van der Waals surface area contributed by atoms with E-state index in [1.165, 1.54) is 0 Å². The van der Waals surface area contributed by atoms with Gasteiger partial charge in [-0.05, 0) is 12.1 Å². The van der Waals surface area contributed by atoms with E-state index in [1.54, 1.807) is 0 Å². The summed E-state index contributed by atoms with van der Waals surface area (Å²) in [6.45, 7) is 0. The lowest BCUT2D eigenvalue weighted by Crippen LogP contribution is -2.26. The van der Waals surface area contributed by atoms with Crippen molar-refractivity contribution in [3.05, 3.63) is 54.1 Å². The van der Waals surface area contributed by atoms with Crippen molar-refractivity contribution in [2.45, 2.75) is 0 Å². The molecule has 1 N–H and O–H groups in total. The molecule has 0 radical (unpaired) electrons. The molecule has 0 fully saturated rings. The molecule has 2 nitrogen and oxygen atoms in total. The van der Waals surface area contributed by atoms with Gasteiger partial charge in [-0.2, -0.15) is 0 Å². The van der Waals surface area contributed by atoms with Gasteiger partial charge in [0, 0.05) is 24.0 Å². The largest absolute Gasteiger partial charge is 0.367 e. The lowest BCUT2D eigenvalue weighted by atomic mass is 10.2. The van der Waals surface area contributed by atoms with Crippen LogP contribution in [0.4, 0.5) is 0 Å². The van der Waals surface area contributed by atoms with Crippen LogP contribution in [0.15, 0.2) is 43.0 Å². The van der Waals surface area contributed by atoms with Gasteiger partial charge >= 0.3 is 0 Å². The standard InChI is InChI=1S/C12H11N2/c1-14-8-2-3-12(10-14)5-4-11-6-7-13-9-11/h2-3,6-10,13H,1H3/q+1. The minimum absolute atomic E-state index is 1.01. The van der Waals surface area contributed by atoms with Crippen molar-refractivity contribution in [3.8, 4) is 11.8 Å². The normalized spacial score (nSPS) is 9.21. The van der Waals surface area contributed by atoms with Crippen LogP contribution in [0.5, 0.6) is 0 Å². The van der Waals surface area contributed by atoms with Gasteiger partial charge < -0.3 is 4.98 Å². The van der Waals surface area contributed by atoms with Crippen LogP contribution in [0.2, 0.25) is 0 Å². The molecule has 0 amide bonds. The van der Waals surface area contributed by atoms with Crippen LogP contribution in [0, 0.1) is 11.8 Å². The van der Waals surface area contributed by atoms with E-state index in [0.29, 0.717) is 0 Å². The predicted octanol–water partition coefficient (Wildman–Crippen LogP) is 1.24. The number of H-pyrrole nitrogens is 1. The van der Waals surface area contributed by atoms with E-state index in [2.05, 4.69) is 16.8 Å². The van der Waals surface area contributed by atoms with Crippen LogP contribution in [-0.4, -0.2) is 4.98 Å². The van der Waals surface area contributed by atoms with E-state index < -0.39 is 0 Å². The predicted molar refractivity (Wildman–Crippen MR) is 54.4 cm³/mol. The molecule has 2 rings (SSSR count). The quantitative estimate of drug-likeness (QED) is 0.468. The molecule has 2 aromatic rings. The summed E-state index contributed by atoms with van der Waals surface area (Å²) >= 11 is 0. The number of aromatic amines is 1. The fraction of sp³-hybridized carbons (Fsp3) is 0.0833. The van der Waals surface area contributed by atoms with E-state index in [9.17, 15) is 0 Å². The summed E-state index contributed by atoms with van der Waals surface area (Å²) in [6, 6.07) is 5.94. The van der Waals surface area contributed by atoms with Crippen LogP contribution < -0.4 is 4.57 Å². The van der Waals surface area contributed by atoms with Gasteiger partial charge in [-0.25, -0.2) is 4.57 Å². The zero-order chi connectivity index (χ0) is 9.80. The lowest BCUT2D eigenvalue weighted by Gasteiger charge is -1.86. The Labute approximate surface area is 83.2 Å². The van der Waals surface area contributed by atoms with Gasteiger partial charge in [0.1, 0.15) is 7.05 Å². The van der Waals surface area contributed by atoms with Crippen molar-refractivity contribution in [2.75, 3.05) is 0 Å². The number of aryl methyl sites for hydroxylation is 1. The van der Waals surface area contributed by atoms with E-state index in [-0.39, 0.29) is 0 Å². The molecule has 0 spiro atoms. The second-order valence-electron chi connectivity index (χ2n) is 3.11. The van der Waals surface area contributed by atoms with Gasteiger partial charge in [-0.1, -0.05) is 11.8 Å². The van der Waals surface area contributed by atoms with E-state index >= 15 is 0 Å². The van der Waals surface area contributed by atoms with Gasteiger partial charge in [-0.15, -0.1) is 0 Å². The molecular weight excluding hydrogens is 172 g/mol. The summed E-state index contributed by atoms with van der Waals surface area (Å²) in [7, 11) is 1.99. The van der Waals surface area contributed by atoms with Gasteiger partial charge in [-0.3, -0.25) is 0 Å². The molecule has 0 bridgehead atoms. The minimum atomic E-state index is 1.01. The van der Waals surface area contributed by atoms with E-state index in [4.69, 9.17) is 0 Å². The zero-order valence-electron chi connectivity index (χ0n) is 7.99. The summed E-state index contributed by atoms with van der Waals surface area (Å²) in [5.41, 5.74) is 2.03. The van der Waals surface area contributed by atoms with Gasteiger partial charge in [0.05, 0.1) is 5.56 Å². The van der Waals surface area contributed by atoms with Gasteiger partial charge in [0.25, 0.3) is 0 Å². The second kappa shape index (κ2) is 3.80. The summed E-state index contributed by atoms with van der Waals surface area (Å²) in [5.74, 6) is 6.17. The van der Waals surface area contributed by atoms with Gasteiger partial charge in [0.2, 0.25) is 0 Å². The Bertz CT molecular complexity index is 473. The first kappa shape index (κ1) is 8.58. The minimum Gasteiger partial charge on any atom is -0.367 e. The highest BCUT2D eigenvalue weighted by Crippen LogP contribution is 1.95. The third-order valence-electron chi connectivity index (χ3n) is 1.89. The van der Waals surface area contributed by atoms with Crippen LogP contribution in [-0.2, 0) is 7.05 Å². The molecule has 0 saturated heterocycles. The van der Waals surface area contributed by atoms with Crippen LogP contribution >= 0.6 is 0 Å². The molecule has 2 heteroatoms. The number of nitrogens with one attached hydrogen (secondary N) is 1. The number of pyridine rings is 1. The lowest BCUT2D eigenvalue weighted by molar-refractivity contribution is -0.671. The summed E-state index contributed by atoms with van der Waals surface area (Å²) in [6.07, 6.45) is 7.74. The molecular formula is C12H11N2+. The van der Waals surface area contributed by atoms with Gasteiger partial charge in [0.15, 0.2) is 12.4 Å². The molecule has 2 aromatic heterocycles. The van der Waals surface area contributed by atoms with Crippen molar-refractivity contribution in [1.82, 2.24) is 4.98 Å². The fourth-order valence-corrected chi connectivity index (χ4v) is 1.21. The Kier molecular flexibility index (Phi) is 2.33. The maximum absolute atomic E-state index is 3.10. The Balaban J connectivity index is 2.26. The molecule has 0 aliphatic heterocycles. The van der Waals surface area contributed by atoms with Crippen molar-refractivity contribution >= 4 is 0 Å². The maximum atomic E-state index is 3.10. The van der Waals surface area contributed by atoms with Crippen LogP contribution in [0.1, 0.15) is 11.1 Å². The Morgan fingerprint density at radius 2 is 2.07 bits per heavy atom. The van der Waals surface area contributed by atoms with Crippen molar-refractivity contribution in [1.29, 1.82) is 0 Å². The highest BCUT2D eigenvalue weighted by atomic mass is 14.9. The van der Waals surface area contributed by atoms with E-state index in [0.717, 1.165) is 11.1 Å². The van der Waals surface area contributed by atoms with E-state index in [1.807, 2.05) is 54.6 Å². The van der Waals surface area contributed by atoms with Crippen LogP contribution in [0.3, 0.4) is 0 Å². The number of rotatable bonds is 0. The molecule has 2 heterocycles. The first-order valence-corrected chi connectivity index (χ1v) is 4.45. The Morgan fingerprint density at radius 1 is 1.21 bits per heavy atom. The monoisotopic (exact) mass is 183 g/mol. The molecule has 0 atom stereocenters. The fourth-order valence-electron chi connectivity index (χ4n) is 1.21. The Morgan fingerprint density at radius 3 is 2.79 bits per heavy atom. The maximum Gasteiger partial charge on any atom is 0.184 e. The average Bonchev–Trinajstić information content (AvgIpc) is 2.67. The number of hydrogen-bond acceptors (Lipinski definition) is 0. The smallest absolute Gasteiger partial charge is 0.184 e. The average molecular weight is 183 g/mol. The number of aromatic nitrogens is 2. The zero-order valence-corrected chi connectivity index (χ0v) is 7.99. The van der Waals surface area contributed by atoms with Crippen molar-refractivity contribution < 1.29 is 4.57 Å². The van der Waals surface area contributed by atoms with Crippen molar-refractivity contribution in [2.24, 2.45) is 7.05 Å². The van der Waals surface area contributed by atoms with Crippen LogP contribution in [0.25, 0.3) is 0 Å². The molecule has 68 valence electrons. The summed E-state index contributed by atoms with van der Waals surface area (Å²) in [5, 5.41) is 0. The molecule has 0 saturated carbocycles. The first-order valence-electron chi connectivity index (χ1n) is 4.45. The topological polar surface area (TPSA) is 19.7 Å². The molecule has 0 aromatic carbocycles. The highest BCUT2D eigenvalue weighted by Gasteiger charge is 1.92. The summed E-state index contributed by atoms with van der Waals surface area (Å²) in [4.78, 5) is 2.97. The van der Waals surface area contributed by atoms with Crippen molar-refractivity contribution in [3.63, 3.8) is 0 Å². The third-order valence-corrected chi connectivity index (χ3v) is 1.89. The highest BCUT2D eigenvalue weighted by molar-refractivity contribution is 5.39. The number of nitrogens with zero attached hydrogens (tertiary/aromatic N) is 1. The second-order valence-corrected chi connectivity index (χ2v) is 3.11. The first-order chi connectivity index (χ1) is 6.84. The molecule has 0 unspecified atom stereocenters. The summed E-state index contributed by atoms with van der Waals surface area (Å²) < 4.78 is 1.99. The molecule has 0 aliphatic carbocycles. The third kappa shape index (κ3) is 2.02. The SMILES string of the molecule is C[n+]1cccc(C#Cc2cc[nH]c2)c1. The number of hydrogen-bond donors (Lipinski definition) is 1. The molecule has 14 heavy (non-hydrogen) atoms. The Hall–Kier alpha value is -2.01. The molecule has 0 aliphatic rings.